The van der Waals surface area contributed by atoms with Crippen molar-refractivity contribution in [2.45, 2.75) is 6.61 Å². The number of carbonyl (C=O) groups excluding carboxylic acids is 1. The highest BCUT2D eigenvalue weighted by Gasteiger charge is 2.18. The molecule has 138 valence electrons. The van der Waals surface area contributed by atoms with Gasteiger partial charge in [0.25, 0.3) is 5.91 Å². The summed E-state index contributed by atoms with van der Waals surface area (Å²) >= 11 is 0. The number of carbonyl (C=O) groups is 1. The first kappa shape index (κ1) is 17.9. The summed E-state index contributed by atoms with van der Waals surface area (Å²) < 4.78 is 10.9. The topological polar surface area (TPSA) is 146 Å². The summed E-state index contributed by atoms with van der Waals surface area (Å²) in [5.74, 6) is -0.0667. The second-order valence-corrected chi connectivity index (χ2v) is 5.43. The van der Waals surface area contributed by atoms with E-state index in [1.54, 1.807) is 30.3 Å². The van der Waals surface area contributed by atoms with Gasteiger partial charge in [0.1, 0.15) is 18.1 Å². The van der Waals surface area contributed by atoms with E-state index >= 15 is 0 Å². The van der Waals surface area contributed by atoms with Crippen molar-refractivity contribution >= 4 is 11.6 Å². The Kier molecular flexibility index (Phi) is 4.97. The second-order valence-electron chi connectivity index (χ2n) is 5.43. The van der Waals surface area contributed by atoms with E-state index in [1.807, 2.05) is 0 Å². The van der Waals surface area contributed by atoms with Crippen LogP contribution in [0.4, 0.5) is 5.69 Å². The minimum atomic E-state index is -0.715. The van der Waals surface area contributed by atoms with E-state index in [2.05, 4.69) is 15.4 Å². The lowest BCUT2D eigenvalue weighted by atomic mass is 10.1. The molecule has 1 aromatic heterocycles. The first-order valence-corrected chi connectivity index (χ1v) is 7.75. The minimum absolute atomic E-state index is 0.00531. The first-order valence-electron chi connectivity index (χ1n) is 7.75. The van der Waals surface area contributed by atoms with Gasteiger partial charge in [0.2, 0.25) is 0 Å². The van der Waals surface area contributed by atoms with E-state index in [0.29, 0.717) is 16.9 Å². The van der Waals surface area contributed by atoms with Crippen LogP contribution in [-0.4, -0.2) is 33.4 Å². The molecule has 1 amide bonds. The zero-order valence-corrected chi connectivity index (χ0v) is 14.2. The third-order valence-corrected chi connectivity index (χ3v) is 3.78. The van der Waals surface area contributed by atoms with Crippen LogP contribution in [0.2, 0.25) is 0 Å². The summed E-state index contributed by atoms with van der Waals surface area (Å²) in [6.45, 7) is 0.00558. The number of ether oxygens (including phenoxy) is 2. The van der Waals surface area contributed by atoms with Gasteiger partial charge in [0.15, 0.2) is 11.4 Å². The molecule has 1 heterocycles. The maximum absolute atomic E-state index is 11.5. The van der Waals surface area contributed by atoms with Crippen LogP contribution < -0.4 is 15.2 Å². The number of nitrogens with two attached hydrogens (primary N) is 1. The standard InChI is InChI=1S/C17H15N5O5/c1-26-13-7-6-10(15-16(17(18)23)20-21-19-15)8-11(13)9-27-14-5-3-2-4-12(14)22(24)25/h2-8H,9H2,1H3,(H2,18,23)(H,19,20,21). The summed E-state index contributed by atoms with van der Waals surface area (Å²) in [5, 5.41) is 21.2. The van der Waals surface area contributed by atoms with Crippen LogP contribution in [-0.2, 0) is 6.61 Å². The molecule has 3 N–H and O–H groups in total. The van der Waals surface area contributed by atoms with Crippen molar-refractivity contribution in [2.75, 3.05) is 7.11 Å². The average molecular weight is 369 g/mol. The largest absolute Gasteiger partial charge is 0.496 e. The maximum atomic E-state index is 11.5. The molecule has 0 saturated heterocycles. The number of hydrogen-bond acceptors (Lipinski definition) is 7. The van der Waals surface area contributed by atoms with E-state index in [4.69, 9.17) is 15.2 Å². The van der Waals surface area contributed by atoms with Crippen LogP contribution in [0.3, 0.4) is 0 Å². The third kappa shape index (κ3) is 3.68. The molecule has 0 aliphatic rings. The molecule has 0 spiro atoms. The molecule has 10 nitrogen and oxygen atoms in total. The van der Waals surface area contributed by atoms with Gasteiger partial charge in [0.05, 0.1) is 12.0 Å². The fraction of sp³-hybridized carbons (Fsp3) is 0.118. The number of nitro benzene ring substituents is 1. The molecular weight excluding hydrogens is 354 g/mol. The number of benzene rings is 2. The molecule has 27 heavy (non-hydrogen) atoms. The second kappa shape index (κ2) is 7.52. The summed E-state index contributed by atoms with van der Waals surface area (Å²) in [7, 11) is 1.49. The summed E-state index contributed by atoms with van der Waals surface area (Å²) in [6, 6.07) is 11.1. The van der Waals surface area contributed by atoms with Crippen molar-refractivity contribution in [3.63, 3.8) is 0 Å². The molecule has 0 aliphatic heterocycles. The predicted molar refractivity (Wildman–Crippen MR) is 94.3 cm³/mol. The van der Waals surface area contributed by atoms with Crippen LogP contribution in [0, 0.1) is 10.1 Å². The Labute approximate surface area is 153 Å². The average Bonchev–Trinajstić information content (AvgIpc) is 3.16. The Balaban J connectivity index is 1.92. The van der Waals surface area contributed by atoms with E-state index in [0.717, 1.165) is 0 Å². The van der Waals surface area contributed by atoms with Crippen LogP contribution >= 0.6 is 0 Å². The zero-order chi connectivity index (χ0) is 19.4. The molecule has 0 radical (unpaired) electrons. The molecule has 0 saturated carbocycles. The predicted octanol–water partition coefficient (Wildman–Crippen LogP) is 2.07. The number of amides is 1. The molecule has 2 aromatic carbocycles. The molecule has 3 rings (SSSR count). The number of hydrogen-bond donors (Lipinski definition) is 2. The molecule has 0 fully saturated rings. The minimum Gasteiger partial charge on any atom is -0.496 e. The van der Waals surface area contributed by atoms with Crippen LogP contribution in [0.25, 0.3) is 11.3 Å². The van der Waals surface area contributed by atoms with Crippen molar-refractivity contribution < 1.29 is 19.2 Å². The fourth-order valence-electron chi connectivity index (χ4n) is 2.53. The molecule has 3 aromatic rings. The van der Waals surface area contributed by atoms with Gasteiger partial charge in [-0.25, -0.2) is 0 Å². The van der Waals surface area contributed by atoms with E-state index < -0.39 is 10.8 Å². The molecule has 10 heteroatoms. The summed E-state index contributed by atoms with van der Waals surface area (Å²) in [5.41, 5.74) is 6.62. The highest BCUT2D eigenvalue weighted by atomic mass is 16.6. The maximum Gasteiger partial charge on any atom is 0.310 e. The number of H-pyrrole nitrogens is 1. The Bertz CT molecular complexity index is 1000. The third-order valence-electron chi connectivity index (χ3n) is 3.78. The Morgan fingerprint density at radius 2 is 2.00 bits per heavy atom. The van der Waals surface area contributed by atoms with Gasteiger partial charge in [0, 0.05) is 17.2 Å². The van der Waals surface area contributed by atoms with Gasteiger partial charge < -0.3 is 15.2 Å². The first-order chi connectivity index (χ1) is 13.0. The number of aromatic amines is 1. The van der Waals surface area contributed by atoms with Gasteiger partial charge >= 0.3 is 5.69 Å². The van der Waals surface area contributed by atoms with Gasteiger partial charge in [-0.05, 0) is 24.3 Å². The van der Waals surface area contributed by atoms with Gasteiger partial charge in [-0.2, -0.15) is 15.4 Å². The van der Waals surface area contributed by atoms with Crippen molar-refractivity contribution in [1.29, 1.82) is 0 Å². The number of methoxy groups -OCH3 is 1. The SMILES string of the molecule is COc1ccc(-c2n[nH]nc2C(N)=O)cc1COc1ccccc1[N+](=O)[O-]. The molecule has 0 atom stereocenters. The van der Waals surface area contributed by atoms with Crippen molar-refractivity contribution in [1.82, 2.24) is 15.4 Å². The number of nitrogens with one attached hydrogen (secondary N) is 1. The Morgan fingerprint density at radius 3 is 2.70 bits per heavy atom. The highest BCUT2D eigenvalue weighted by molar-refractivity contribution is 5.96. The number of nitro groups is 1. The Hall–Kier alpha value is -3.95. The Morgan fingerprint density at radius 1 is 1.22 bits per heavy atom. The lowest BCUT2D eigenvalue weighted by Crippen LogP contribution is -2.12. The fourth-order valence-corrected chi connectivity index (χ4v) is 2.53. The van der Waals surface area contributed by atoms with Gasteiger partial charge in [-0.15, -0.1) is 0 Å². The number of aromatic nitrogens is 3. The van der Waals surface area contributed by atoms with Crippen molar-refractivity contribution in [3.05, 3.63) is 63.8 Å². The highest BCUT2D eigenvalue weighted by Crippen LogP contribution is 2.30. The molecule has 0 unspecified atom stereocenters. The van der Waals surface area contributed by atoms with Crippen molar-refractivity contribution in [2.24, 2.45) is 5.73 Å². The number of primary amides is 1. The summed E-state index contributed by atoms with van der Waals surface area (Å²) in [6.07, 6.45) is 0. The quantitative estimate of drug-likeness (QED) is 0.478. The lowest BCUT2D eigenvalue weighted by Gasteiger charge is -2.12. The lowest BCUT2D eigenvalue weighted by molar-refractivity contribution is -0.385. The zero-order valence-electron chi connectivity index (χ0n) is 14.2. The van der Waals surface area contributed by atoms with Gasteiger partial charge in [-0.3, -0.25) is 14.9 Å². The van der Waals surface area contributed by atoms with E-state index in [-0.39, 0.29) is 29.4 Å². The number of nitrogens with zero attached hydrogens (tertiary/aromatic N) is 3. The normalized spacial score (nSPS) is 10.4. The van der Waals surface area contributed by atoms with Crippen LogP contribution in [0.15, 0.2) is 42.5 Å². The number of rotatable bonds is 7. The molecule has 0 bridgehead atoms. The monoisotopic (exact) mass is 369 g/mol. The van der Waals surface area contributed by atoms with Crippen LogP contribution in [0.5, 0.6) is 11.5 Å². The number of para-hydroxylation sites is 2. The molecule has 0 aliphatic carbocycles. The van der Waals surface area contributed by atoms with Crippen LogP contribution in [0.1, 0.15) is 16.1 Å². The van der Waals surface area contributed by atoms with Gasteiger partial charge in [-0.1, -0.05) is 12.1 Å². The van der Waals surface area contributed by atoms with Crippen molar-refractivity contribution in [3.8, 4) is 22.8 Å². The smallest absolute Gasteiger partial charge is 0.310 e. The van der Waals surface area contributed by atoms with E-state index in [1.165, 1.54) is 19.2 Å². The van der Waals surface area contributed by atoms with E-state index in [9.17, 15) is 14.9 Å². The molecular formula is C17H15N5O5. The summed E-state index contributed by atoms with van der Waals surface area (Å²) in [4.78, 5) is 22.1.